The molecule has 3 aromatic rings. The highest BCUT2D eigenvalue weighted by molar-refractivity contribution is 6.08. The van der Waals surface area contributed by atoms with E-state index in [0.29, 0.717) is 12.0 Å². The summed E-state index contributed by atoms with van der Waals surface area (Å²) >= 11 is 0. The van der Waals surface area contributed by atoms with Gasteiger partial charge in [0.1, 0.15) is 0 Å². The van der Waals surface area contributed by atoms with Gasteiger partial charge >= 0.3 is 0 Å². The number of hydrogen-bond acceptors (Lipinski definition) is 5. The first-order valence-electron chi connectivity index (χ1n) is 15.3. The Morgan fingerprint density at radius 1 is 0.738 bits per heavy atom. The normalized spacial score (nSPS) is 16.0. The highest BCUT2D eigenvalue weighted by Crippen LogP contribution is 2.44. The Hall–Kier alpha value is -4.00. The van der Waals surface area contributed by atoms with E-state index in [0.717, 1.165) is 60.2 Å². The number of rotatable bonds is 10. The molecule has 0 bridgehead atoms. The van der Waals surface area contributed by atoms with Crippen molar-refractivity contribution in [3.63, 3.8) is 0 Å². The predicted molar refractivity (Wildman–Crippen MR) is 178 cm³/mol. The van der Waals surface area contributed by atoms with Crippen LogP contribution in [0.1, 0.15) is 69.9 Å². The molecule has 2 atom stereocenters. The van der Waals surface area contributed by atoms with Crippen molar-refractivity contribution in [2.75, 3.05) is 64.8 Å². The minimum Gasteiger partial charge on any atom is -0.378 e. The molecule has 1 aliphatic heterocycles. The minimum absolute atomic E-state index is 0.0133. The molecule has 2 unspecified atom stereocenters. The molecule has 0 saturated heterocycles. The third-order valence-corrected chi connectivity index (χ3v) is 8.52. The minimum atomic E-state index is -0.197. The average Bonchev–Trinajstić information content (AvgIpc) is 2.99. The van der Waals surface area contributed by atoms with E-state index in [9.17, 15) is 9.59 Å². The van der Waals surface area contributed by atoms with Crippen LogP contribution in [-0.4, -0.2) is 58.1 Å². The monoisotopic (exact) mass is 569 g/mol. The molecule has 0 aromatic heterocycles. The van der Waals surface area contributed by atoms with Crippen molar-refractivity contribution >= 4 is 40.3 Å². The van der Waals surface area contributed by atoms with E-state index in [1.807, 2.05) is 65.2 Å². The Bertz CT molecular complexity index is 1360. The molecule has 7 heteroatoms. The smallest absolute Gasteiger partial charge is 0.258 e. The fraction of sp³-hybridized carbons (Fsp3) is 0.429. The zero-order valence-electron chi connectivity index (χ0n) is 26.6. The number of anilines is 5. The van der Waals surface area contributed by atoms with Gasteiger partial charge in [-0.25, -0.2) is 0 Å². The molecule has 4 rings (SSSR count). The second-order valence-electron chi connectivity index (χ2n) is 11.2. The van der Waals surface area contributed by atoms with Crippen LogP contribution in [0.4, 0.5) is 28.4 Å². The lowest BCUT2D eigenvalue weighted by Crippen LogP contribution is -2.47. The van der Waals surface area contributed by atoms with Crippen LogP contribution < -0.4 is 24.5 Å². The van der Waals surface area contributed by atoms with E-state index < -0.39 is 0 Å². The molecule has 0 spiro atoms. The summed E-state index contributed by atoms with van der Waals surface area (Å²) in [5.74, 6) is -0.0391. The van der Waals surface area contributed by atoms with Crippen LogP contribution in [0.5, 0.6) is 0 Å². The van der Waals surface area contributed by atoms with Gasteiger partial charge in [0.2, 0.25) is 5.91 Å². The highest BCUT2D eigenvalue weighted by Gasteiger charge is 2.38. The number of benzene rings is 3. The molecule has 1 aliphatic rings. The molecule has 0 N–H and O–H groups in total. The van der Waals surface area contributed by atoms with Gasteiger partial charge in [-0.1, -0.05) is 6.07 Å². The van der Waals surface area contributed by atoms with Crippen LogP contribution in [0, 0.1) is 0 Å². The largest absolute Gasteiger partial charge is 0.378 e. The molecule has 1 heterocycles. The SMILES string of the molecule is CCN(CC)c1ccc(N(C(C)=O)C2CC(C)N(C(=O)c3ccc(N(C)C)cc3)c3cc(N(CC)CC)ccc32)cc1. The lowest BCUT2D eigenvalue weighted by Gasteiger charge is -2.44. The molecule has 42 heavy (non-hydrogen) atoms. The van der Waals surface area contributed by atoms with Crippen LogP contribution in [0.15, 0.2) is 66.7 Å². The number of carbonyl (C=O) groups excluding carboxylic acids is 2. The molecule has 0 saturated carbocycles. The standard InChI is InChI=1S/C35H47N5O2/c1-9-37(10-2)29-17-19-30(20-18-29)40(26(6)41)33-23-25(5)39(35(42)27-13-15-28(16-14-27)36(7)8)34-24-31(21-22-32(33)34)38(11-3)12-4/h13-22,24-25,33H,9-12,23H2,1-8H3. The number of nitrogens with zero attached hydrogens (tertiary/aromatic N) is 5. The first-order chi connectivity index (χ1) is 20.1. The van der Waals surface area contributed by atoms with Gasteiger partial charge in [-0.2, -0.15) is 0 Å². The zero-order chi connectivity index (χ0) is 30.6. The maximum absolute atomic E-state index is 14.1. The van der Waals surface area contributed by atoms with Gasteiger partial charge in [-0.05, 0) is 107 Å². The van der Waals surface area contributed by atoms with E-state index in [4.69, 9.17) is 0 Å². The number of hydrogen-bond donors (Lipinski definition) is 0. The van der Waals surface area contributed by atoms with Crippen LogP contribution in [0.3, 0.4) is 0 Å². The molecule has 3 aromatic carbocycles. The Morgan fingerprint density at radius 3 is 1.76 bits per heavy atom. The van der Waals surface area contributed by atoms with Crippen LogP contribution >= 0.6 is 0 Å². The maximum atomic E-state index is 14.1. The molecular weight excluding hydrogens is 522 g/mol. The Balaban J connectivity index is 1.81. The number of amides is 2. The summed E-state index contributed by atoms with van der Waals surface area (Å²) in [7, 11) is 3.99. The third-order valence-electron chi connectivity index (χ3n) is 8.52. The Kier molecular flexibility index (Phi) is 9.81. The van der Waals surface area contributed by atoms with Crippen LogP contribution in [-0.2, 0) is 4.79 Å². The van der Waals surface area contributed by atoms with Crippen molar-refractivity contribution in [2.24, 2.45) is 0 Å². The molecule has 0 radical (unpaired) electrons. The summed E-state index contributed by atoms with van der Waals surface area (Å²) < 4.78 is 0. The summed E-state index contributed by atoms with van der Waals surface area (Å²) in [5.41, 5.74) is 6.65. The number of carbonyl (C=O) groups is 2. The van der Waals surface area contributed by atoms with Gasteiger partial charge in [-0.3, -0.25) is 9.59 Å². The third kappa shape index (κ3) is 6.10. The molecule has 224 valence electrons. The molecular formula is C35H47N5O2. The first-order valence-corrected chi connectivity index (χ1v) is 15.3. The molecule has 2 amide bonds. The van der Waals surface area contributed by atoms with Gasteiger partial charge in [0.05, 0.1) is 11.7 Å². The Morgan fingerprint density at radius 2 is 1.24 bits per heavy atom. The Labute approximate surface area is 252 Å². The first kappa shape index (κ1) is 30.9. The lowest BCUT2D eigenvalue weighted by molar-refractivity contribution is -0.117. The van der Waals surface area contributed by atoms with Crippen molar-refractivity contribution in [3.8, 4) is 0 Å². The highest BCUT2D eigenvalue weighted by atomic mass is 16.2. The molecule has 0 aliphatic carbocycles. The summed E-state index contributed by atoms with van der Waals surface area (Å²) in [6, 6.07) is 22.1. The summed E-state index contributed by atoms with van der Waals surface area (Å²) in [4.78, 5) is 37.9. The fourth-order valence-corrected chi connectivity index (χ4v) is 6.19. The number of fused-ring (bicyclic) bond motifs is 1. The van der Waals surface area contributed by atoms with E-state index >= 15 is 0 Å². The van der Waals surface area contributed by atoms with Crippen molar-refractivity contribution in [1.82, 2.24) is 0 Å². The summed E-state index contributed by atoms with van der Waals surface area (Å²) in [5, 5.41) is 0. The van der Waals surface area contributed by atoms with Gasteiger partial charge in [0.15, 0.2) is 0 Å². The van der Waals surface area contributed by atoms with Gasteiger partial charge < -0.3 is 24.5 Å². The quantitative estimate of drug-likeness (QED) is 0.264. The fourth-order valence-electron chi connectivity index (χ4n) is 6.19. The predicted octanol–water partition coefficient (Wildman–Crippen LogP) is 6.98. The van der Waals surface area contributed by atoms with Gasteiger partial charge in [-0.15, -0.1) is 0 Å². The lowest BCUT2D eigenvalue weighted by atomic mass is 9.89. The van der Waals surface area contributed by atoms with Gasteiger partial charge in [0.25, 0.3) is 5.91 Å². The van der Waals surface area contributed by atoms with Crippen molar-refractivity contribution in [3.05, 3.63) is 77.9 Å². The topological polar surface area (TPSA) is 50.3 Å². The molecule has 0 fully saturated rings. The van der Waals surface area contributed by atoms with E-state index in [2.05, 4.69) is 74.8 Å². The maximum Gasteiger partial charge on any atom is 0.258 e. The average molecular weight is 570 g/mol. The van der Waals surface area contributed by atoms with Crippen molar-refractivity contribution in [1.29, 1.82) is 0 Å². The second-order valence-corrected chi connectivity index (χ2v) is 11.2. The molecule has 7 nitrogen and oxygen atoms in total. The summed E-state index contributed by atoms with van der Waals surface area (Å²) in [6.07, 6.45) is 0.635. The zero-order valence-corrected chi connectivity index (χ0v) is 26.6. The van der Waals surface area contributed by atoms with E-state index in [1.165, 1.54) is 0 Å². The van der Waals surface area contributed by atoms with Crippen molar-refractivity contribution < 1.29 is 9.59 Å². The van der Waals surface area contributed by atoms with Crippen LogP contribution in [0.25, 0.3) is 0 Å². The van der Waals surface area contributed by atoms with Gasteiger partial charge in [0, 0.05) is 81.6 Å². The second kappa shape index (κ2) is 13.3. The van der Waals surface area contributed by atoms with Crippen molar-refractivity contribution in [2.45, 2.75) is 60.0 Å². The van der Waals surface area contributed by atoms with E-state index in [-0.39, 0.29) is 23.9 Å². The van der Waals surface area contributed by atoms with E-state index in [1.54, 1.807) is 6.92 Å². The van der Waals surface area contributed by atoms with Crippen LogP contribution in [0.2, 0.25) is 0 Å². The summed E-state index contributed by atoms with van der Waals surface area (Å²) in [6.45, 7) is 15.9.